The van der Waals surface area contributed by atoms with Crippen LogP contribution in [0.5, 0.6) is 0 Å². The Morgan fingerprint density at radius 3 is 2.67 bits per heavy atom. The van der Waals surface area contributed by atoms with Gasteiger partial charge < -0.3 is 11.5 Å². The van der Waals surface area contributed by atoms with Crippen LogP contribution in [0.4, 0.5) is 10.1 Å². The van der Waals surface area contributed by atoms with Crippen molar-refractivity contribution in [2.24, 2.45) is 5.73 Å². The predicted octanol–water partition coefficient (Wildman–Crippen LogP) is 1.76. The third-order valence-electron chi connectivity index (χ3n) is 1.86. The van der Waals surface area contributed by atoms with Gasteiger partial charge in [-0.2, -0.15) is 0 Å². The van der Waals surface area contributed by atoms with E-state index in [9.17, 15) is 9.18 Å². The van der Waals surface area contributed by atoms with Gasteiger partial charge >= 0.3 is 0 Å². The molecule has 1 aromatic rings. The van der Waals surface area contributed by atoms with E-state index in [2.05, 4.69) is 0 Å². The number of hydrogen-bond donors (Lipinski definition) is 2. The van der Waals surface area contributed by atoms with Gasteiger partial charge in [0.05, 0.1) is 5.25 Å². The quantitative estimate of drug-likeness (QED) is 0.609. The maximum Gasteiger partial charge on any atom is 0.230 e. The lowest BCUT2D eigenvalue weighted by atomic mass is 10.3. The molecule has 0 saturated heterocycles. The topological polar surface area (TPSA) is 69.1 Å². The highest BCUT2D eigenvalue weighted by Gasteiger charge is 2.14. The first-order valence-electron chi connectivity index (χ1n) is 4.55. The van der Waals surface area contributed by atoms with Crippen molar-refractivity contribution in [1.29, 1.82) is 0 Å². The van der Waals surface area contributed by atoms with Crippen LogP contribution in [-0.4, -0.2) is 11.2 Å². The fourth-order valence-electron chi connectivity index (χ4n) is 1.16. The van der Waals surface area contributed by atoms with Gasteiger partial charge in [0.15, 0.2) is 0 Å². The van der Waals surface area contributed by atoms with Gasteiger partial charge in [0.2, 0.25) is 5.91 Å². The Balaban J connectivity index is 2.83. The fourth-order valence-corrected chi connectivity index (χ4v) is 2.16. The van der Waals surface area contributed by atoms with E-state index >= 15 is 0 Å². The van der Waals surface area contributed by atoms with Crippen molar-refractivity contribution in [3.8, 4) is 0 Å². The summed E-state index contributed by atoms with van der Waals surface area (Å²) in [7, 11) is 0. The number of rotatable bonds is 4. The zero-order chi connectivity index (χ0) is 11.4. The Kier molecular flexibility index (Phi) is 3.96. The Bertz CT molecular complexity index is 350. The molecular formula is C10H13FN2OS. The van der Waals surface area contributed by atoms with Crippen LogP contribution in [0.25, 0.3) is 0 Å². The van der Waals surface area contributed by atoms with Gasteiger partial charge in [0.1, 0.15) is 5.82 Å². The highest BCUT2D eigenvalue weighted by Crippen LogP contribution is 2.27. The maximum atomic E-state index is 13.0. The first-order chi connectivity index (χ1) is 7.02. The first-order valence-corrected chi connectivity index (χ1v) is 5.43. The van der Waals surface area contributed by atoms with Gasteiger partial charge in [-0.1, -0.05) is 6.92 Å². The molecule has 0 saturated carbocycles. The normalized spacial score (nSPS) is 12.4. The molecule has 0 heterocycles. The fraction of sp³-hybridized carbons (Fsp3) is 0.300. The van der Waals surface area contributed by atoms with Crippen LogP contribution in [0.2, 0.25) is 0 Å². The molecule has 5 heteroatoms. The largest absolute Gasteiger partial charge is 0.399 e. The van der Waals surface area contributed by atoms with Gasteiger partial charge in [0, 0.05) is 10.6 Å². The lowest BCUT2D eigenvalue weighted by Gasteiger charge is -2.10. The molecular weight excluding hydrogens is 215 g/mol. The number of amides is 1. The zero-order valence-corrected chi connectivity index (χ0v) is 9.18. The molecule has 82 valence electrons. The molecule has 3 nitrogen and oxygen atoms in total. The summed E-state index contributed by atoms with van der Waals surface area (Å²) in [5.41, 5.74) is 11.0. The maximum absolute atomic E-state index is 13.0. The molecule has 0 aliphatic heterocycles. The molecule has 0 aromatic heterocycles. The minimum absolute atomic E-state index is 0.341. The van der Waals surface area contributed by atoms with Crippen molar-refractivity contribution in [3.63, 3.8) is 0 Å². The highest BCUT2D eigenvalue weighted by atomic mass is 32.2. The Labute approximate surface area is 92.0 Å². The average Bonchev–Trinajstić information content (AvgIpc) is 2.12. The second kappa shape index (κ2) is 5.02. The average molecular weight is 228 g/mol. The molecule has 1 rings (SSSR count). The highest BCUT2D eigenvalue weighted by molar-refractivity contribution is 8.00. The number of benzene rings is 1. The molecule has 0 aliphatic carbocycles. The summed E-state index contributed by atoms with van der Waals surface area (Å²) in [5.74, 6) is -0.804. The van der Waals surface area contributed by atoms with Gasteiger partial charge in [-0.15, -0.1) is 11.8 Å². The number of nitrogen functional groups attached to an aromatic ring is 1. The van der Waals surface area contributed by atoms with Crippen LogP contribution in [0, 0.1) is 5.82 Å². The van der Waals surface area contributed by atoms with Gasteiger partial charge in [0.25, 0.3) is 0 Å². The number of halogens is 1. The number of anilines is 1. The number of primary amides is 1. The second-order valence-electron chi connectivity index (χ2n) is 3.14. The van der Waals surface area contributed by atoms with E-state index in [4.69, 9.17) is 11.5 Å². The molecule has 0 bridgehead atoms. The van der Waals surface area contributed by atoms with E-state index in [1.54, 1.807) is 6.07 Å². The minimum Gasteiger partial charge on any atom is -0.399 e. The summed E-state index contributed by atoms with van der Waals surface area (Å²) in [6.45, 7) is 1.85. The van der Waals surface area contributed by atoms with Gasteiger partial charge in [-0.25, -0.2) is 4.39 Å². The van der Waals surface area contributed by atoms with Crippen LogP contribution in [-0.2, 0) is 4.79 Å². The van der Waals surface area contributed by atoms with Crippen molar-refractivity contribution in [2.45, 2.75) is 23.5 Å². The van der Waals surface area contributed by atoms with Crippen molar-refractivity contribution in [2.75, 3.05) is 5.73 Å². The van der Waals surface area contributed by atoms with Crippen LogP contribution in [0.3, 0.4) is 0 Å². The third kappa shape index (κ3) is 3.43. The van der Waals surface area contributed by atoms with Crippen LogP contribution in [0.15, 0.2) is 23.1 Å². The summed E-state index contributed by atoms with van der Waals surface area (Å²) in [6.07, 6.45) is 0.608. The van der Waals surface area contributed by atoms with E-state index in [1.807, 2.05) is 6.92 Å². The van der Waals surface area contributed by atoms with E-state index in [0.29, 0.717) is 17.0 Å². The Hall–Kier alpha value is -1.23. The van der Waals surface area contributed by atoms with Crippen molar-refractivity contribution < 1.29 is 9.18 Å². The Morgan fingerprint density at radius 1 is 1.53 bits per heavy atom. The van der Waals surface area contributed by atoms with E-state index in [0.717, 1.165) is 0 Å². The standard InChI is InChI=1S/C10H13FN2OS/c1-2-9(10(13)14)15-8-4-6(11)3-7(12)5-8/h3-5,9H,2,12H2,1H3,(H2,13,14). The number of nitrogens with two attached hydrogens (primary N) is 2. The molecule has 15 heavy (non-hydrogen) atoms. The van der Waals surface area contributed by atoms with E-state index in [-0.39, 0.29) is 5.25 Å². The predicted molar refractivity (Wildman–Crippen MR) is 59.9 cm³/mol. The van der Waals surface area contributed by atoms with Crippen molar-refractivity contribution in [3.05, 3.63) is 24.0 Å². The molecule has 0 aliphatic rings. The van der Waals surface area contributed by atoms with Crippen LogP contribution < -0.4 is 11.5 Å². The van der Waals surface area contributed by atoms with E-state index in [1.165, 1.54) is 23.9 Å². The monoisotopic (exact) mass is 228 g/mol. The number of carbonyl (C=O) groups excluding carboxylic acids is 1. The van der Waals surface area contributed by atoms with Gasteiger partial charge in [-0.05, 0) is 24.6 Å². The molecule has 1 atom stereocenters. The first kappa shape index (κ1) is 11.8. The molecule has 0 radical (unpaired) electrons. The molecule has 1 unspecified atom stereocenters. The molecule has 1 aromatic carbocycles. The smallest absolute Gasteiger partial charge is 0.230 e. The second-order valence-corrected chi connectivity index (χ2v) is 4.41. The number of carbonyl (C=O) groups is 1. The van der Waals surface area contributed by atoms with Crippen molar-refractivity contribution in [1.82, 2.24) is 0 Å². The lowest BCUT2D eigenvalue weighted by Crippen LogP contribution is -2.24. The van der Waals surface area contributed by atoms with Gasteiger partial charge in [-0.3, -0.25) is 4.79 Å². The van der Waals surface area contributed by atoms with E-state index < -0.39 is 11.7 Å². The molecule has 4 N–H and O–H groups in total. The third-order valence-corrected chi connectivity index (χ3v) is 3.22. The van der Waals surface area contributed by atoms with Crippen LogP contribution in [0.1, 0.15) is 13.3 Å². The summed E-state index contributed by atoms with van der Waals surface area (Å²) < 4.78 is 13.0. The molecule has 0 fully saturated rings. The SMILES string of the molecule is CCC(Sc1cc(N)cc(F)c1)C(N)=O. The summed E-state index contributed by atoms with van der Waals surface area (Å²) in [4.78, 5) is 11.6. The Morgan fingerprint density at radius 2 is 2.20 bits per heavy atom. The number of thioether (sulfide) groups is 1. The summed E-state index contributed by atoms with van der Waals surface area (Å²) >= 11 is 1.23. The summed E-state index contributed by atoms with van der Waals surface area (Å²) in [6, 6.07) is 4.20. The van der Waals surface area contributed by atoms with Crippen molar-refractivity contribution >= 4 is 23.4 Å². The van der Waals surface area contributed by atoms with Crippen LogP contribution >= 0.6 is 11.8 Å². The minimum atomic E-state index is -0.406. The molecule has 1 amide bonds. The zero-order valence-electron chi connectivity index (χ0n) is 8.37. The summed E-state index contributed by atoms with van der Waals surface area (Å²) in [5, 5.41) is -0.341. The lowest BCUT2D eigenvalue weighted by molar-refractivity contribution is -0.117. The number of hydrogen-bond acceptors (Lipinski definition) is 3. The molecule has 0 spiro atoms.